The van der Waals surface area contributed by atoms with Crippen LogP contribution in [0.4, 0.5) is 0 Å². The van der Waals surface area contributed by atoms with Crippen LogP contribution in [-0.4, -0.2) is 26.9 Å². The van der Waals surface area contributed by atoms with Gasteiger partial charge in [-0.1, -0.05) is 44.2 Å². The number of aliphatic carboxylic acids is 1. The van der Waals surface area contributed by atoms with Gasteiger partial charge in [0.15, 0.2) is 5.60 Å². The lowest BCUT2D eigenvalue weighted by atomic mass is 9.82. The molecule has 4 heteroatoms. The summed E-state index contributed by atoms with van der Waals surface area (Å²) in [6, 6.07) is 8.29. The molecule has 0 saturated carbocycles. The highest BCUT2D eigenvalue weighted by molar-refractivity contribution is 5.78. The molecule has 4 nitrogen and oxygen atoms in total. The minimum atomic E-state index is -2.17. The van der Waals surface area contributed by atoms with Crippen LogP contribution in [0.2, 0.25) is 0 Å². The molecule has 1 rings (SSSR count). The summed E-state index contributed by atoms with van der Waals surface area (Å²) < 4.78 is 0. The van der Waals surface area contributed by atoms with Gasteiger partial charge < -0.3 is 15.3 Å². The topological polar surface area (TPSA) is 77.8 Å². The third-order valence-corrected chi connectivity index (χ3v) is 2.75. The van der Waals surface area contributed by atoms with Crippen molar-refractivity contribution in [1.82, 2.24) is 0 Å². The van der Waals surface area contributed by atoms with Crippen molar-refractivity contribution in [2.45, 2.75) is 25.6 Å². The van der Waals surface area contributed by atoms with Crippen molar-refractivity contribution in [1.29, 1.82) is 0 Å². The highest BCUT2D eigenvalue weighted by Crippen LogP contribution is 2.32. The normalized spacial score (nSPS) is 16.8. The molecule has 0 saturated heterocycles. The fourth-order valence-electron chi connectivity index (χ4n) is 1.57. The second kappa shape index (κ2) is 4.63. The molecule has 0 amide bonds. The Bertz CT molecular complexity index is 361. The zero-order valence-corrected chi connectivity index (χ0v) is 9.29. The van der Waals surface area contributed by atoms with E-state index in [1.807, 2.05) is 0 Å². The number of aliphatic hydroxyl groups is 2. The first-order chi connectivity index (χ1) is 7.40. The summed E-state index contributed by atoms with van der Waals surface area (Å²) in [5.74, 6) is -2.01. The van der Waals surface area contributed by atoms with E-state index < -0.39 is 23.6 Å². The van der Waals surface area contributed by atoms with Crippen LogP contribution >= 0.6 is 0 Å². The summed E-state index contributed by atoms with van der Waals surface area (Å²) in [5, 5.41) is 29.0. The van der Waals surface area contributed by atoms with Gasteiger partial charge in [0.1, 0.15) is 6.10 Å². The molecule has 0 aromatic heterocycles. The molecule has 3 N–H and O–H groups in total. The van der Waals surface area contributed by atoms with Gasteiger partial charge in [-0.05, 0) is 11.5 Å². The third kappa shape index (κ3) is 2.08. The standard InChI is InChI=1S/C12H16O4/c1-8(2)12(16,11(14)15)10(13)9-6-4-3-5-7-9/h3-8,10,13,16H,1-2H3,(H,14,15)/t10-,12+/m0/s1. The number of aliphatic hydroxyl groups excluding tert-OH is 1. The van der Waals surface area contributed by atoms with E-state index in [4.69, 9.17) is 5.11 Å². The summed E-state index contributed by atoms with van der Waals surface area (Å²) in [5.41, 5.74) is -1.78. The number of benzene rings is 1. The molecule has 0 aliphatic carbocycles. The SMILES string of the molecule is CC(C)[C@](O)(C(=O)O)[C@@H](O)c1ccccc1. The third-order valence-electron chi connectivity index (χ3n) is 2.75. The predicted molar refractivity (Wildman–Crippen MR) is 58.8 cm³/mol. The highest BCUT2D eigenvalue weighted by Gasteiger charge is 2.47. The average molecular weight is 224 g/mol. The lowest BCUT2D eigenvalue weighted by molar-refractivity contribution is -0.180. The van der Waals surface area contributed by atoms with E-state index in [1.54, 1.807) is 44.2 Å². The lowest BCUT2D eigenvalue weighted by Crippen LogP contribution is -2.49. The van der Waals surface area contributed by atoms with Gasteiger partial charge in [0, 0.05) is 0 Å². The van der Waals surface area contributed by atoms with Gasteiger partial charge in [-0.2, -0.15) is 0 Å². The van der Waals surface area contributed by atoms with Gasteiger partial charge in [0.2, 0.25) is 0 Å². The van der Waals surface area contributed by atoms with Gasteiger partial charge in [-0.3, -0.25) is 0 Å². The molecule has 0 aliphatic rings. The first-order valence-corrected chi connectivity index (χ1v) is 5.09. The molecular weight excluding hydrogens is 208 g/mol. The Labute approximate surface area is 94.2 Å². The zero-order chi connectivity index (χ0) is 12.3. The summed E-state index contributed by atoms with van der Waals surface area (Å²) in [6.07, 6.45) is -1.44. The first kappa shape index (κ1) is 12.7. The number of hydrogen-bond acceptors (Lipinski definition) is 3. The van der Waals surface area contributed by atoms with Gasteiger partial charge in [0.05, 0.1) is 0 Å². The van der Waals surface area contributed by atoms with Gasteiger partial charge in [-0.25, -0.2) is 4.79 Å². The monoisotopic (exact) mass is 224 g/mol. The Balaban J connectivity index is 3.11. The predicted octanol–water partition coefficient (Wildman–Crippen LogP) is 1.19. The first-order valence-electron chi connectivity index (χ1n) is 5.09. The minimum absolute atomic E-state index is 0.390. The highest BCUT2D eigenvalue weighted by atomic mass is 16.4. The number of carboxylic acid groups (broad SMARTS) is 1. The van der Waals surface area contributed by atoms with E-state index in [0.717, 1.165) is 0 Å². The molecule has 0 heterocycles. The Morgan fingerprint density at radius 2 is 1.75 bits per heavy atom. The largest absolute Gasteiger partial charge is 0.479 e. The smallest absolute Gasteiger partial charge is 0.339 e. The maximum Gasteiger partial charge on any atom is 0.339 e. The molecule has 0 aliphatic heterocycles. The van der Waals surface area contributed by atoms with Crippen LogP contribution in [0.1, 0.15) is 25.5 Å². The molecular formula is C12H16O4. The maximum absolute atomic E-state index is 11.1. The Morgan fingerprint density at radius 1 is 1.25 bits per heavy atom. The van der Waals surface area contributed by atoms with Crippen molar-refractivity contribution in [3.05, 3.63) is 35.9 Å². The molecule has 1 aromatic rings. The van der Waals surface area contributed by atoms with Crippen LogP contribution in [0.25, 0.3) is 0 Å². The Kier molecular flexibility index (Phi) is 3.67. The van der Waals surface area contributed by atoms with Crippen molar-refractivity contribution in [2.75, 3.05) is 0 Å². The Hall–Kier alpha value is -1.39. The molecule has 0 bridgehead atoms. The quantitative estimate of drug-likeness (QED) is 0.718. The van der Waals surface area contributed by atoms with Crippen molar-refractivity contribution in [2.24, 2.45) is 5.92 Å². The summed E-state index contributed by atoms with van der Waals surface area (Å²) in [4.78, 5) is 11.1. The van der Waals surface area contributed by atoms with Crippen LogP contribution in [0.15, 0.2) is 30.3 Å². The minimum Gasteiger partial charge on any atom is -0.479 e. The zero-order valence-electron chi connectivity index (χ0n) is 9.29. The average Bonchev–Trinajstić information content (AvgIpc) is 2.27. The number of carboxylic acids is 1. The van der Waals surface area contributed by atoms with E-state index >= 15 is 0 Å². The molecule has 0 unspecified atom stereocenters. The van der Waals surface area contributed by atoms with Crippen LogP contribution in [0.5, 0.6) is 0 Å². The molecule has 2 atom stereocenters. The summed E-state index contributed by atoms with van der Waals surface area (Å²) in [7, 11) is 0. The Morgan fingerprint density at radius 3 is 2.12 bits per heavy atom. The van der Waals surface area contributed by atoms with E-state index in [9.17, 15) is 15.0 Å². The van der Waals surface area contributed by atoms with E-state index in [2.05, 4.69) is 0 Å². The van der Waals surface area contributed by atoms with Crippen LogP contribution in [-0.2, 0) is 4.79 Å². The van der Waals surface area contributed by atoms with E-state index in [0.29, 0.717) is 5.56 Å². The lowest BCUT2D eigenvalue weighted by Gasteiger charge is -2.32. The molecule has 0 radical (unpaired) electrons. The van der Waals surface area contributed by atoms with Crippen LogP contribution in [0.3, 0.4) is 0 Å². The molecule has 88 valence electrons. The maximum atomic E-state index is 11.1. The fourth-order valence-corrected chi connectivity index (χ4v) is 1.57. The number of rotatable bonds is 4. The fraction of sp³-hybridized carbons (Fsp3) is 0.417. The van der Waals surface area contributed by atoms with Crippen molar-refractivity contribution >= 4 is 5.97 Å². The molecule has 0 spiro atoms. The van der Waals surface area contributed by atoms with Crippen LogP contribution < -0.4 is 0 Å². The van der Waals surface area contributed by atoms with Gasteiger partial charge in [0.25, 0.3) is 0 Å². The van der Waals surface area contributed by atoms with E-state index in [-0.39, 0.29) is 0 Å². The molecule has 1 aromatic carbocycles. The van der Waals surface area contributed by atoms with Crippen molar-refractivity contribution in [3.8, 4) is 0 Å². The number of hydrogen-bond donors (Lipinski definition) is 3. The number of carbonyl (C=O) groups is 1. The van der Waals surface area contributed by atoms with Gasteiger partial charge >= 0.3 is 5.97 Å². The van der Waals surface area contributed by atoms with Gasteiger partial charge in [-0.15, -0.1) is 0 Å². The second-order valence-corrected chi connectivity index (χ2v) is 4.10. The summed E-state index contributed by atoms with van der Waals surface area (Å²) >= 11 is 0. The summed E-state index contributed by atoms with van der Waals surface area (Å²) in [6.45, 7) is 3.11. The van der Waals surface area contributed by atoms with E-state index in [1.165, 1.54) is 0 Å². The second-order valence-electron chi connectivity index (χ2n) is 4.10. The molecule has 0 fully saturated rings. The van der Waals surface area contributed by atoms with Crippen LogP contribution in [0, 0.1) is 5.92 Å². The molecule has 16 heavy (non-hydrogen) atoms. The van der Waals surface area contributed by atoms with Crippen molar-refractivity contribution in [3.63, 3.8) is 0 Å². The van der Waals surface area contributed by atoms with Crippen molar-refractivity contribution < 1.29 is 20.1 Å².